The lowest BCUT2D eigenvalue weighted by Crippen LogP contribution is -2.02. The van der Waals surface area contributed by atoms with Crippen molar-refractivity contribution in [1.29, 1.82) is 0 Å². The molecule has 0 spiro atoms. The Kier molecular flexibility index (Phi) is 5.05. The lowest BCUT2D eigenvalue weighted by Gasteiger charge is -2.12. The van der Waals surface area contributed by atoms with Crippen molar-refractivity contribution >= 4 is 54.6 Å². The van der Waals surface area contributed by atoms with Crippen molar-refractivity contribution in [1.82, 2.24) is 24.1 Å². The smallest absolute Gasteiger partial charge is 0.165 e. The van der Waals surface area contributed by atoms with Gasteiger partial charge in [-0.15, -0.1) is 0 Å². The van der Waals surface area contributed by atoms with Gasteiger partial charge in [-0.25, -0.2) is 9.97 Å². The second-order valence-electron chi connectivity index (χ2n) is 12.5. The molecular weight excluding hydrogens is 587 g/mol. The molecule has 5 heterocycles. The highest BCUT2D eigenvalue weighted by molar-refractivity contribution is 6.17. The van der Waals surface area contributed by atoms with Crippen LogP contribution < -0.4 is 0 Å². The van der Waals surface area contributed by atoms with Gasteiger partial charge in [0.05, 0.1) is 38.8 Å². The van der Waals surface area contributed by atoms with Gasteiger partial charge in [-0.05, 0) is 77.9 Å². The van der Waals surface area contributed by atoms with E-state index in [2.05, 4.69) is 124 Å². The van der Waals surface area contributed by atoms with Crippen LogP contribution in [0.2, 0.25) is 0 Å². The normalized spacial score (nSPS) is 12.2. The Labute approximate surface area is 275 Å². The zero-order valence-electron chi connectivity index (χ0n) is 25.7. The number of hydrogen-bond donors (Lipinski definition) is 0. The first kappa shape index (κ1) is 25.6. The van der Waals surface area contributed by atoms with Gasteiger partial charge >= 0.3 is 0 Å². The highest BCUT2D eigenvalue weighted by atomic mass is 15.1. The third-order valence-electron chi connectivity index (χ3n) is 9.87. The van der Waals surface area contributed by atoms with Gasteiger partial charge in [-0.2, -0.15) is 0 Å². The van der Waals surface area contributed by atoms with E-state index >= 15 is 0 Å². The van der Waals surface area contributed by atoms with Crippen molar-refractivity contribution in [2.75, 3.05) is 0 Å². The van der Waals surface area contributed by atoms with Crippen molar-refractivity contribution in [3.05, 3.63) is 152 Å². The molecule has 0 N–H and O–H groups in total. The highest BCUT2D eigenvalue weighted by Gasteiger charge is 2.28. The number of fused-ring (bicyclic) bond motifs is 12. The van der Waals surface area contributed by atoms with Crippen molar-refractivity contribution < 1.29 is 0 Å². The van der Waals surface area contributed by atoms with E-state index < -0.39 is 0 Å². The summed E-state index contributed by atoms with van der Waals surface area (Å²) in [5, 5.41) is 4.83. The summed E-state index contributed by atoms with van der Waals surface area (Å²) in [6.07, 6.45) is 1.88. The maximum atomic E-state index is 5.26. The van der Waals surface area contributed by atoms with E-state index in [9.17, 15) is 0 Å². The molecule has 0 fully saturated rings. The largest absolute Gasteiger partial charge is 0.309 e. The van der Waals surface area contributed by atoms with E-state index in [0.29, 0.717) is 0 Å². The standard InChI is InChI=1S/C43H25N5/c1-2-11-28(12-3-1)47-37-18-8-4-13-29(37)31-21-20-26(25-39(31)47)27-23-33-30-14-5-9-19-38(30)48-42(33)34(24-27)40-32(15-10-22-44-40)41-43(48)46-36-17-7-6-16-35(36)45-41/h1-25H. The fourth-order valence-electron chi connectivity index (χ4n) is 7.81. The third-order valence-corrected chi connectivity index (χ3v) is 9.87. The minimum absolute atomic E-state index is 0.828. The second-order valence-corrected chi connectivity index (χ2v) is 12.5. The van der Waals surface area contributed by atoms with Crippen LogP contribution in [0.25, 0.3) is 99.8 Å². The summed E-state index contributed by atoms with van der Waals surface area (Å²) >= 11 is 0. The number of benzene rings is 6. The van der Waals surface area contributed by atoms with Gasteiger partial charge in [0.1, 0.15) is 5.69 Å². The third kappa shape index (κ3) is 3.42. The Hall–Kier alpha value is -6.59. The molecule has 0 amide bonds. The minimum atomic E-state index is 0.828. The van der Waals surface area contributed by atoms with E-state index in [1.165, 1.54) is 32.6 Å². The summed E-state index contributed by atoms with van der Waals surface area (Å²) in [5.74, 6) is 0.828. The lowest BCUT2D eigenvalue weighted by atomic mass is 9.95. The molecule has 0 aliphatic carbocycles. The minimum Gasteiger partial charge on any atom is -0.309 e. The summed E-state index contributed by atoms with van der Waals surface area (Å²) in [4.78, 5) is 15.5. The summed E-state index contributed by atoms with van der Waals surface area (Å²) in [5.41, 5.74) is 13.6. The Bertz CT molecular complexity index is 2950. The lowest BCUT2D eigenvalue weighted by molar-refractivity contribution is 1.09. The first-order valence-electron chi connectivity index (χ1n) is 16.2. The molecule has 1 aliphatic heterocycles. The van der Waals surface area contributed by atoms with E-state index in [1.807, 2.05) is 36.5 Å². The summed E-state index contributed by atoms with van der Waals surface area (Å²) in [6.45, 7) is 0. The van der Waals surface area contributed by atoms with E-state index in [1.54, 1.807) is 0 Å². The van der Waals surface area contributed by atoms with Crippen LogP contribution in [0.3, 0.4) is 0 Å². The Balaban J connectivity index is 1.26. The Morgan fingerprint density at radius 1 is 0.417 bits per heavy atom. The van der Waals surface area contributed by atoms with Crippen LogP contribution in [0.15, 0.2) is 152 Å². The van der Waals surface area contributed by atoms with Gasteiger partial charge < -0.3 is 4.57 Å². The molecule has 222 valence electrons. The molecule has 0 atom stereocenters. The number of para-hydroxylation sites is 5. The highest BCUT2D eigenvalue weighted by Crippen LogP contribution is 2.47. The molecule has 5 nitrogen and oxygen atoms in total. The average Bonchev–Trinajstić information content (AvgIpc) is 3.63. The van der Waals surface area contributed by atoms with Gasteiger partial charge in [0.2, 0.25) is 0 Å². The molecule has 5 heteroatoms. The van der Waals surface area contributed by atoms with Crippen LogP contribution >= 0.6 is 0 Å². The molecule has 0 unspecified atom stereocenters. The number of aromatic nitrogens is 5. The Morgan fingerprint density at radius 2 is 1.10 bits per heavy atom. The molecule has 0 saturated heterocycles. The van der Waals surface area contributed by atoms with Crippen LogP contribution in [0.1, 0.15) is 0 Å². The van der Waals surface area contributed by atoms with Gasteiger partial charge in [-0.3, -0.25) is 9.55 Å². The molecule has 6 aromatic carbocycles. The van der Waals surface area contributed by atoms with Crippen LogP contribution in [0.5, 0.6) is 0 Å². The monoisotopic (exact) mass is 611 g/mol. The molecule has 0 saturated carbocycles. The summed E-state index contributed by atoms with van der Waals surface area (Å²) in [7, 11) is 0. The van der Waals surface area contributed by atoms with Crippen LogP contribution in [0.4, 0.5) is 0 Å². The van der Waals surface area contributed by atoms with E-state index in [0.717, 1.165) is 67.2 Å². The molecule has 4 aromatic heterocycles. The SMILES string of the molecule is c1ccc(-n2c3ccccc3c3ccc(-c4cc5c6c(c4)c4ccccc4n6-c4nc6ccccc6nc4-c4cccnc4-5)cc32)cc1. The number of hydrogen-bond acceptors (Lipinski definition) is 3. The van der Waals surface area contributed by atoms with Crippen LogP contribution in [-0.2, 0) is 0 Å². The number of nitrogens with zero attached hydrogens (tertiary/aromatic N) is 5. The molecule has 0 radical (unpaired) electrons. The fourth-order valence-corrected chi connectivity index (χ4v) is 7.81. The molecule has 0 bridgehead atoms. The van der Waals surface area contributed by atoms with Crippen LogP contribution in [0, 0.1) is 0 Å². The van der Waals surface area contributed by atoms with Crippen LogP contribution in [-0.4, -0.2) is 24.1 Å². The first-order valence-corrected chi connectivity index (χ1v) is 16.2. The zero-order chi connectivity index (χ0) is 31.3. The maximum absolute atomic E-state index is 5.26. The van der Waals surface area contributed by atoms with Gasteiger partial charge in [-0.1, -0.05) is 78.9 Å². The molecule has 11 rings (SSSR count). The van der Waals surface area contributed by atoms with E-state index in [4.69, 9.17) is 15.0 Å². The molecule has 1 aliphatic rings. The van der Waals surface area contributed by atoms with Crippen molar-refractivity contribution in [2.24, 2.45) is 0 Å². The zero-order valence-corrected chi connectivity index (χ0v) is 25.7. The first-order chi connectivity index (χ1) is 23.8. The van der Waals surface area contributed by atoms with E-state index in [-0.39, 0.29) is 0 Å². The predicted octanol–water partition coefficient (Wildman–Crippen LogP) is 10.5. The number of pyridine rings is 1. The average molecular weight is 612 g/mol. The molecule has 48 heavy (non-hydrogen) atoms. The fraction of sp³-hybridized carbons (Fsp3) is 0. The predicted molar refractivity (Wildman–Crippen MR) is 196 cm³/mol. The molecular formula is C43H25N5. The van der Waals surface area contributed by atoms with Gasteiger partial charge in [0, 0.05) is 44.6 Å². The number of rotatable bonds is 2. The van der Waals surface area contributed by atoms with Gasteiger partial charge in [0.25, 0.3) is 0 Å². The second kappa shape index (κ2) is 9.47. The quantitative estimate of drug-likeness (QED) is 0.195. The van der Waals surface area contributed by atoms with Crippen molar-refractivity contribution in [3.8, 4) is 45.1 Å². The maximum Gasteiger partial charge on any atom is 0.165 e. The summed E-state index contributed by atoms with van der Waals surface area (Å²) in [6, 6.07) is 51.7. The molecule has 10 aromatic rings. The van der Waals surface area contributed by atoms with Gasteiger partial charge in [0.15, 0.2) is 5.82 Å². The van der Waals surface area contributed by atoms with Crippen molar-refractivity contribution in [2.45, 2.75) is 0 Å². The Morgan fingerprint density at radius 3 is 1.94 bits per heavy atom. The van der Waals surface area contributed by atoms with Crippen molar-refractivity contribution in [3.63, 3.8) is 0 Å². The topological polar surface area (TPSA) is 48.5 Å². The summed E-state index contributed by atoms with van der Waals surface area (Å²) < 4.78 is 4.68.